The lowest BCUT2D eigenvalue weighted by molar-refractivity contribution is -0.162. The van der Waals surface area contributed by atoms with Crippen LogP contribution in [0.5, 0.6) is 0 Å². The second-order valence-electron chi connectivity index (χ2n) is 15.4. The highest BCUT2D eigenvalue weighted by Gasteiger charge is 2.26. The minimum Gasteiger partial charge on any atom is -0.459 e. The van der Waals surface area contributed by atoms with Crippen LogP contribution in [0.25, 0.3) is 11.4 Å². The molecule has 0 aliphatic rings. The lowest BCUT2D eigenvalue weighted by Crippen LogP contribution is -2.40. The van der Waals surface area contributed by atoms with Crippen LogP contribution in [-0.2, 0) is 51.2 Å². The van der Waals surface area contributed by atoms with Gasteiger partial charge in [0.1, 0.15) is 34.1 Å². The van der Waals surface area contributed by atoms with Crippen LogP contribution in [0.2, 0.25) is 0 Å². The first-order chi connectivity index (χ1) is 21.9. The molecule has 0 spiro atoms. The number of esters is 4. The second kappa shape index (κ2) is 16.4. The lowest BCUT2D eigenvalue weighted by atomic mass is 10.2. The van der Waals surface area contributed by atoms with Crippen LogP contribution in [0.15, 0.2) is 24.5 Å². The average Bonchev–Trinajstić information content (AvgIpc) is 2.84. The smallest absolute Gasteiger partial charge is 0.320 e. The zero-order valence-corrected chi connectivity index (χ0v) is 30.5. The largest absolute Gasteiger partial charge is 0.459 e. The second-order valence-corrected chi connectivity index (χ2v) is 15.4. The minimum absolute atomic E-state index is 0.0455. The Labute approximate surface area is 283 Å². The first-order valence-corrected chi connectivity index (χ1v) is 15.8. The number of carbonyl (C=O) groups excluding carboxylic acids is 4. The van der Waals surface area contributed by atoms with Gasteiger partial charge in [0.2, 0.25) is 0 Å². The maximum absolute atomic E-state index is 12.7. The third-order valence-electron chi connectivity index (χ3n) is 5.49. The molecule has 0 aliphatic carbocycles. The molecule has 0 N–H and O–H groups in total. The van der Waals surface area contributed by atoms with E-state index >= 15 is 0 Å². The summed E-state index contributed by atoms with van der Waals surface area (Å²) in [5, 5.41) is 0. The summed E-state index contributed by atoms with van der Waals surface area (Å²) in [6.45, 7) is 20.5. The molecule has 2 rings (SSSR count). The number of nitrogens with zero attached hydrogens (tertiary/aromatic N) is 6. The lowest BCUT2D eigenvalue weighted by Gasteiger charge is -2.26. The summed E-state index contributed by atoms with van der Waals surface area (Å²) in [5.41, 5.74) is -1.89. The Hall–Kier alpha value is -4.04. The van der Waals surface area contributed by atoms with E-state index in [1.54, 1.807) is 117 Å². The Bertz CT molecular complexity index is 1250. The van der Waals surface area contributed by atoms with E-state index in [2.05, 4.69) is 19.9 Å². The minimum atomic E-state index is -0.703. The Morgan fingerprint density at radius 3 is 0.979 bits per heavy atom. The van der Waals surface area contributed by atoms with Crippen LogP contribution in [0.4, 0.5) is 0 Å². The number of aromatic nitrogens is 4. The topological polar surface area (TPSA) is 163 Å². The van der Waals surface area contributed by atoms with E-state index in [1.807, 2.05) is 0 Å². The molecule has 2 aromatic rings. The SMILES string of the molecule is CC(C)(C)OC(=O)CN(CC(=O)OC(C)(C)C)Cc1nccc(-c2ccnc(CN(CC(=O)OC(C)(C)C)CC(=O)OC(C)(C)C)n2)n1. The first kappa shape index (κ1) is 40.1. The fourth-order valence-electron chi connectivity index (χ4n) is 4.20. The van der Waals surface area contributed by atoms with E-state index in [0.29, 0.717) is 23.0 Å². The van der Waals surface area contributed by atoms with Crippen molar-refractivity contribution in [2.45, 2.75) is 119 Å². The van der Waals surface area contributed by atoms with Crippen molar-refractivity contribution in [1.82, 2.24) is 29.7 Å². The van der Waals surface area contributed by atoms with E-state index in [0.717, 1.165) is 0 Å². The summed E-state index contributed by atoms with van der Waals surface area (Å²) < 4.78 is 21.9. The molecule has 0 bridgehead atoms. The Morgan fingerprint density at radius 2 is 0.750 bits per heavy atom. The molecule has 14 heteroatoms. The predicted molar refractivity (Wildman–Crippen MR) is 177 cm³/mol. The molecule has 0 aliphatic heterocycles. The van der Waals surface area contributed by atoms with Crippen LogP contribution in [0, 0.1) is 0 Å². The van der Waals surface area contributed by atoms with Gasteiger partial charge in [-0.05, 0) is 95.2 Å². The van der Waals surface area contributed by atoms with E-state index in [9.17, 15) is 19.2 Å². The summed E-state index contributed by atoms with van der Waals surface area (Å²) in [6.07, 6.45) is 3.10. The third-order valence-corrected chi connectivity index (χ3v) is 5.49. The van der Waals surface area contributed by atoms with Crippen molar-refractivity contribution in [1.29, 1.82) is 0 Å². The highest BCUT2D eigenvalue weighted by atomic mass is 16.6. The predicted octanol–water partition coefficient (Wildman–Crippen LogP) is 3.90. The fraction of sp³-hybridized carbons (Fsp3) is 0.647. The van der Waals surface area contributed by atoms with Gasteiger partial charge in [-0.2, -0.15) is 0 Å². The van der Waals surface area contributed by atoms with Crippen molar-refractivity contribution in [3.05, 3.63) is 36.2 Å². The van der Waals surface area contributed by atoms with E-state index < -0.39 is 46.3 Å². The van der Waals surface area contributed by atoms with Crippen molar-refractivity contribution in [2.24, 2.45) is 0 Å². The molecular weight excluding hydrogens is 620 g/mol. The molecule has 0 saturated heterocycles. The van der Waals surface area contributed by atoms with Gasteiger partial charge in [-0.15, -0.1) is 0 Å². The van der Waals surface area contributed by atoms with Gasteiger partial charge in [-0.25, -0.2) is 19.9 Å². The van der Waals surface area contributed by atoms with Gasteiger partial charge in [0.15, 0.2) is 0 Å². The molecule has 48 heavy (non-hydrogen) atoms. The molecule has 14 nitrogen and oxygen atoms in total. The van der Waals surface area contributed by atoms with Gasteiger partial charge in [-0.3, -0.25) is 29.0 Å². The van der Waals surface area contributed by atoms with Gasteiger partial charge in [-0.1, -0.05) is 0 Å². The van der Waals surface area contributed by atoms with Gasteiger partial charge in [0, 0.05) is 12.4 Å². The number of ether oxygens (including phenoxy) is 4. The summed E-state index contributed by atoms with van der Waals surface area (Å²) in [4.78, 5) is 71.8. The molecular formula is C34H52N6O8. The normalized spacial score (nSPS) is 12.5. The van der Waals surface area contributed by atoms with Crippen LogP contribution in [0.3, 0.4) is 0 Å². The molecule has 2 aromatic heterocycles. The van der Waals surface area contributed by atoms with Crippen LogP contribution in [-0.4, -0.2) is 102 Å². The number of hydrogen-bond donors (Lipinski definition) is 0. The molecule has 2 heterocycles. The van der Waals surface area contributed by atoms with Crippen LogP contribution in [0.1, 0.15) is 94.7 Å². The Morgan fingerprint density at radius 1 is 0.500 bits per heavy atom. The standard InChI is InChI=1S/C34H52N6O8/c1-31(2,3)45-27(41)19-39(20-28(42)46-32(4,5)6)17-25-35-15-13-23(37-25)24-14-16-36-26(38-24)18-40(21-29(43)47-33(7,8)9)22-30(44)48-34(10,11)12/h13-16H,17-22H2,1-12H3. The molecule has 0 atom stereocenters. The van der Waals surface area contributed by atoms with Crippen molar-refractivity contribution in [3.63, 3.8) is 0 Å². The maximum atomic E-state index is 12.7. The van der Waals surface area contributed by atoms with E-state index in [1.165, 1.54) is 0 Å². The monoisotopic (exact) mass is 672 g/mol. The molecule has 0 fully saturated rings. The molecule has 0 radical (unpaired) electrons. The van der Waals surface area contributed by atoms with Crippen molar-refractivity contribution in [2.75, 3.05) is 26.2 Å². The van der Waals surface area contributed by atoms with Gasteiger partial charge >= 0.3 is 23.9 Å². The summed E-state index contributed by atoms with van der Waals surface area (Å²) in [6, 6.07) is 3.34. The van der Waals surface area contributed by atoms with Gasteiger partial charge in [0.25, 0.3) is 0 Å². The zero-order chi connectivity index (χ0) is 36.5. The molecule has 0 saturated carbocycles. The van der Waals surface area contributed by atoms with Crippen molar-refractivity contribution < 1.29 is 38.1 Å². The van der Waals surface area contributed by atoms with Gasteiger partial charge in [0.05, 0.1) is 50.7 Å². The summed E-state index contributed by atoms with van der Waals surface area (Å²) in [5.74, 6) is -1.38. The van der Waals surface area contributed by atoms with Gasteiger partial charge < -0.3 is 18.9 Å². The maximum Gasteiger partial charge on any atom is 0.320 e. The highest BCUT2D eigenvalue weighted by molar-refractivity contribution is 5.76. The van der Waals surface area contributed by atoms with Crippen LogP contribution >= 0.6 is 0 Å². The molecule has 266 valence electrons. The molecule has 0 aromatic carbocycles. The Balaban J connectivity index is 2.31. The number of rotatable bonds is 13. The number of carbonyl (C=O) groups is 4. The van der Waals surface area contributed by atoms with E-state index in [4.69, 9.17) is 18.9 Å². The molecule has 0 amide bonds. The van der Waals surface area contributed by atoms with Crippen molar-refractivity contribution in [3.8, 4) is 11.4 Å². The first-order valence-electron chi connectivity index (χ1n) is 15.8. The van der Waals surface area contributed by atoms with Crippen molar-refractivity contribution >= 4 is 23.9 Å². The quantitative estimate of drug-likeness (QED) is 0.222. The average molecular weight is 673 g/mol. The summed E-state index contributed by atoms with van der Waals surface area (Å²) in [7, 11) is 0. The van der Waals surface area contributed by atoms with E-state index in [-0.39, 0.29) is 39.3 Å². The highest BCUT2D eigenvalue weighted by Crippen LogP contribution is 2.17. The Kier molecular flexibility index (Phi) is 13.7. The number of hydrogen-bond acceptors (Lipinski definition) is 14. The zero-order valence-electron chi connectivity index (χ0n) is 30.5. The third kappa shape index (κ3) is 17.2. The van der Waals surface area contributed by atoms with Crippen LogP contribution < -0.4 is 0 Å². The summed E-state index contributed by atoms with van der Waals surface area (Å²) >= 11 is 0. The fourth-order valence-corrected chi connectivity index (χ4v) is 4.20. The molecule has 0 unspecified atom stereocenters.